The van der Waals surface area contributed by atoms with E-state index >= 15 is 0 Å². The SMILES string of the molecule is CCNCCCc1ncc(-c2ccc(Br)s2)o1. The summed E-state index contributed by atoms with van der Waals surface area (Å²) in [7, 11) is 0. The number of nitrogens with one attached hydrogen (secondary N) is 1. The highest BCUT2D eigenvalue weighted by atomic mass is 79.9. The van der Waals surface area contributed by atoms with E-state index in [0.717, 1.165) is 46.2 Å². The molecular weight excluding hydrogens is 300 g/mol. The fourth-order valence-corrected chi connectivity index (χ4v) is 2.86. The van der Waals surface area contributed by atoms with Crippen LogP contribution in [0.15, 0.2) is 26.5 Å². The molecule has 0 aromatic carbocycles. The van der Waals surface area contributed by atoms with Crippen LogP contribution in [0.4, 0.5) is 0 Å². The standard InChI is InChI=1S/C12H15BrN2OS/c1-2-14-7-3-4-12-15-8-9(16-12)10-5-6-11(13)17-10/h5-6,8,14H,2-4,7H2,1H3. The van der Waals surface area contributed by atoms with E-state index in [1.807, 2.05) is 12.1 Å². The number of halogens is 1. The molecule has 2 aromatic heterocycles. The van der Waals surface area contributed by atoms with Crippen LogP contribution in [0, 0.1) is 0 Å². The predicted octanol–water partition coefficient (Wildman–Crippen LogP) is 3.71. The van der Waals surface area contributed by atoms with Crippen LogP contribution in [0.1, 0.15) is 19.2 Å². The van der Waals surface area contributed by atoms with Gasteiger partial charge in [-0.15, -0.1) is 11.3 Å². The quantitative estimate of drug-likeness (QED) is 0.826. The van der Waals surface area contributed by atoms with Gasteiger partial charge in [-0.25, -0.2) is 4.98 Å². The molecule has 17 heavy (non-hydrogen) atoms. The van der Waals surface area contributed by atoms with Crippen LogP contribution in [0.5, 0.6) is 0 Å². The summed E-state index contributed by atoms with van der Waals surface area (Å²) in [6.45, 7) is 4.14. The molecule has 0 spiro atoms. The number of oxazole rings is 1. The monoisotopic (exact) mass is 314 g/mol. The van der Waals surface area contributed by atoms with E-state index in [1.165, 1.54) is 0 Å². The number of rotatable bonds is 6. The summed E-state index contributed by atoms with van der Waals surface area (Å²) < 4.78 is 6.82. The molecule has 2 rings (SSSR count). The Hall–Kier alpha value is -0.650. The summed E-state index contributed by atoms with van der Waals surface area (Å²) in [5.41, 5.74) is 0. The molecule has 5 heteroatoms. The molecule has 2 heterocycles. The predicted molar refractivity (Wildman–Crippen MR) is 74.4 cm³/mol. The van der Waals surface area contributed by atoms with Gasteiger partial charge in [-0.3, -0.25) is 0 Å². The van der Waals surface area contributed by atoms with Gasteiger partial charge >= 0.3 is 0 Å². The molecule has 92 valence electrons. The van der Waals surface area contributed by atoms with Crippen molar-refractivity contribution in [3.05, 3.63) is 28.0 Å². The molecule has 0 saturated carbocycles. The zero-order chi connectivity index (χ0) is 12.1. The lowest BCUT2D eigenvalue weighted by atomic mass is 10.3. The molecule has 0 amide bonds. The van der Waals surface area contributed by atoms with Gasteiger partial charge in [-0.2, -0.15) is 0 Å². The zero-order valence-electron chi connectivity index (χ0n) is 9.70. The molecule has 0 radical (unpaired) electrons. The second-order valence-corrected chi connectivity index (χ2v) is 6.14. The van der Waals surface area contributed by atoms with Crippen molar-refractivity contribution in [2.45, 2.75) is 19.8 Å². The maximum absolute atomic E-state index is 5.71. The summed E-state index contributed by atoms with van der Waals surface area (Å²) in [6, 6.07) is 4.06. The highest BCUT2D eigenvalue weighted by Gasteiger charge is 2.08. The first kappa shape index (κ1) is 12.8. The van der Waals surface area contributed by atoms with Gasteiger partial charge in [0.05, 0.1) is 14.9 Å². The van der Waals surface area contributed by atoms with Gasteiger partial charge in [0.2, 0.25) is 0 Å². The Bertz CT molecular complexity index is 467. The van der Waals surface area contributed by atoms with Gasteiger partial charge in [0.25, 0.3) is 0 Å². The third kappa shape index (κ3) is 3.66. The topological polar surface area (TPSA) is 38.1 Å². The molecule has 0 aliphatic heterocycles. The van der Waals surface area contributed by atoms with Crippen molar-refractivity contribution in [1.29, 1.82) is 0 Å². The molecule has 1 N–H and O–H groups in total. The van der Waals surface area contributed by atoms with E-state index < -0.39 is 0 Å². The average molecular weight is 315 g/mol. The van der Waals surface area contributed by atoms with Crippen molar-refractivity contribution >= 4 is 27.3 Å². The van der Waals surface area contributed by atoms with E-state index in [2.05, 4.69) is 33.2 Å². The minimum Gasteiger partial charge on any atom is -0.440 e. The number of thiophene rings is 1. The molecule has 0 fully saturated rings. The van der Waals surface area contributed by atoms with Crippen LogP contribution in [-0.2, 0) is 6.42 Å². The van der Waals surface area contributed by atoms with Gasteiger partial charge < -0.3 is 9.73 Å². The Morgan fingerprint density at radius 3 is 3.06 bits per heavy atom. The minimum absolute atomic E-state index is 0.822. The lowest BCUT2D eigenvalue weighted by Gasteiger charge is -1.98. The van der Waals surface area contributed by atoms with E-state index in [4.69, 9.17) is 4.42 Å². The first-order valence-corrected chi connectivity index (χ1v) is 7.31. The number of aryl methyl sites for hydroxylation is 1. The van der Waals surface area contributed by atoms with E-state index in [1.54, 1.807) is 17.5 Å². The Kier molecular flexibility index (Phi) is 4.76. The van der Waals surface area contributed by atoms with Crippen LogP contribution in [-0.4, -0.2) is 18.1 Å². The normalized spacial score (nSPS) is 10.9. The fraction of sp³-hybridized carbons (Fsp3) is 0.417. The van der Waals surface area contributed by atoms with Crippen LogP contribution >= 0.6 is 27.3 Å². The van der Waals surface area contributed by atoms with Crippen LogP contribution in [0.25, 0.3) is 10.6 Å². The first-order chi connectivity index (χ1) is 8.29. The van der Waals surface area contributed by atoms with Crippen LogP contribution in [0.2, 0.25) is 0 Å². The highest BCUT2D eigenvalue weighted by Crippen LogP contribution is 2.31. The average Bonchev–Trinajstić information content (AvgIpc) is 2.93. The zero-order valence-corrected chi connectivity index (χ0v) is 12.1. The second-order valence-electron chi connectivity index (χ2n) is 3.68. The number of aromatic nitrogens is 1. The largest absolute Gasteiger partial charge is 0.440 e. The van der Waals surface area contributed by atoms with Crippen LogP contribution in [0.3, 0.4) is 0 Å². The Balaban J connectivity index is 1.92. The lowest BCUT2D eigenvalue weighted by molar-refractivity contribution is 0.494. The van der Waals surface area contributed by atoms with Crippen molar-refractivity contribution in [2.75, 3.05) is 13.1 Å². The molecule has 0 bridgehead atoms. The Labute approximate surface area is 113 Å². The molecule has 0 saturated heterocycles. The lowest BCUT2D eigenvalue weighted by Crippen LogP contribution is -2.14. The number of hydrogen-bond acceptors (Lipinski definition) is 4. The van der Waals surface area contributed by atoms with Crippen LogP contribution < -0.4 is 5.32 Å². The van der Waals surface area contributed by atoms with Crippen molar-refractivity contribution in [1.82, 2.24) is 10.3 Å². The summed E-state index contributed by atoms with van der Waals surface area (Å²) in [4.78, 5) is 5.41. The van der Waals surface area contributed by atoms with Crippen molar-refractivity contribution in [2.24, 2.45) is 0 Å². The maximum atomic E-state index is 5.71. The Morgan fingerprint density at radius 1 is 1.47 bits per heavy atom. The van der Waals surface area contributed by atoms with Gasteiger partial charge in [0.1, 0.15) is 0 Å². The summed E-state index contributed by atoms with van der Waals surface area (Å²) in [6.07, 6.45) is 3.75. The number of nitrogens with zero attached hydrogens (tertiary/aromatic N) is 1. The van der Waals surface area contributed by atoms with Gasteiger partial charge in [0, 0.05) is 6.42 Å². The van der Waals surface area contributed by atoms with Crippen molar-refractivity contribution in [3.8, 4) is 10.6 Å². The van der Waals surface area contributed by atoms with Gasteiger partial charge in [-0.05, 0) is 47.6 Å². The summed E-state index contributed by atoms with van der Waals surface area (Å²) in [5, 5.41) is 3.29. The fourth-order valence-electron chi connectivity index (χ4n) is 1.53. The first-order valence-electron chi connectivity index (χ1n) is 5.70. The summed E-state index contributed by atoms with van der Waals surface area (Å²) >= 11 is 5.10. The third-order valence-electron chi connectivity index (χ3n) is 2.36. The smallest absolute Gasteiger partial charge is 0.194 e. The highest BCUT2D eigenvalue weighted by molar-refractivity contribution is 9.11. The summed E-state index contributed by atoms with van der Waals surface area (Å²) in [5.74, 6) is 1.68. The molecule has 0 unspecified atom stereocenters. The van der Waals surface area contributed by atoms with Crippen molar-refractivity contribution < 1.29 is 4.42 Å². The number of hydrogen-bond donors (Lipinski definition) is 1. The third-order valence-corrected chi connectivity index (χ3v) is 4.00. The van der Waals surface area contributed by atoms with E-state index in [9.17, 15) is 0 Å². The molecule has 0 aliphatic rings. The second kappa shape index (κ2) is 6.33. The molecular formula is C12H15BrN2OS. The van der Waals surface area contributed by atoms with Crippen molar-refractivity contribution in [3.63, 3.8) is 0 Å². The molecule has 0 atom stereocenters. The maximum Gasteiger partial charge on any atom is 0.194 e. The molecule has 2 aromatic rings. The van der Waals surface area contributed by atoms with E-state index in [-0.39, 0.29) is 0 Å². The van der Waals surface area contributed by atoms with E-state index in [0.29, 0.717) is 0 Å². The minimum atomic E-state index is 0.822. The Morgan fingerprint density at radius 2 is 2.35 bits per heavy atom. The molecule has 0 aliphatic carbocycles. The van der Waals surface area contributed by atoms with Gasteiger partial charge in [0.15, 0.2) is 11.7 Å². The molecule has 3 nitrogen and oxygen atoms in total. The van der Waals surface area contributed by atoms with Gasteiger partial charge in [-0.1, -0.05) is 6.92 Å².